The molecule has 6 heteroatoms. The first-order valence-corrected chi connectivity index (χ1v) is 9.41. The number of thioether (sulfide) groups is 1. The molecule has 3 aromatic rings. The van der Waals surface area contributed by atoms with Crippen molar-refractivity contribution >= 4 is 39.2 Å². The van der Waals surface area contributed by atoms with E-state index in [2.05, 4.69) is 11.9 Å². The third-order valence-corrected chi connectivity index (χ3v) is 5.57. The van der Waals surface area contributed by atoms with Gasteiger partial charge >= 0.3 is 0 Å². The number of nitrogens with zero attached hydrogens (tertiary/aromatic N) is 2. The van der Waals surface area contributed by atoms with Crippen molar-refractivity contribution < 1.29 is 9.18 Å². The number of carbonyl (C=O) groups is 1. The molecule has 0 unspecified atom stereocenters. The van der Waals surface area contributed by atoms with Crippen molar-refractivity contribution in [1.82, 2.24) is 4.57 Å². The molecule has 0 saturated heterocycles. The SMILES string of the molecule is CCSc1ccc(CC(=O)N=c2sc3cc(F)ccc3n2C)cc1. The van der Waals surface area contributed by atoms with E-state index in [4.69, 9.17) is 0 Å². The summed E-state index contributed by atoms with van der Waals surface area (Å²) in [6.45, 7) is 2.11. The lowest BCUT2D eigenvalue weighted by Crippen LogP contribution is -2.14. The van der Waals surface area contributed by atoms with Gasteiger partial charge in [0.2, 0.25) is 0 Å². The highest BCUT2D eigenvalue weighted by atomic mass is 32.2. The molecule has 0 fully saturated rings. The number of hydrogen-bond acceptors (Lipinski definition) is 3. The molecule has 1 amide bonds. The van der Waals surface area contributed by atoms with Crippen molar-refractivity contribution in [2.24, 2.45) is 12.0 Å². The number of thiazole rings is 1. The van der Waals surface area contributed by atoms with E-state index in [1.54, 1.807) is 17.8 Å². The van der Waals surface area contributed by atoms with Crippen LogP contribution >= 0.6 is 23.1 Å². The fourth-order valence-electron chi connectivity index (χ4n) is 2.41. The van der Waals surface area contributed by atoms with Gasteiger partial charge in [-0.05, 0) is 41.6 Å². The molecular weight excluding hydrogens is 343 g/mol. The zero-order valence-corrected chi connectivity index (χ0v) is 15.1. The first-order chi connectivity index (χ1) is 11.6. The second-order valence-corrected chi connectivity index (χ2v) is 7.66. The van der Waals surface area contributed by atoms with Crippen molar-refractivity contribution in [2.75, 3.05) is 5.75 Å². The van der Waals surface area contributed by atoms with Crippen molar-refractivity contribution in [3.63, 3.8) is 0 Å². The van der Waals surface area contributed by atoms with Crippen LogP contribution < -0.4 is 4.80 Å². The van der Waals surface area contributed by atoms with Crippen LogP contribution in [0.1, 0.15) is 12.5 Å². The number of halogens is 1. The van der Waals surface area contributed by atoms with E-state index in [1.165, 1.54) is 28.4 Å². The van der Waals surface area contributed by atoms with E-state index in [-0.39, 0.29) is 18.1 Å². The zero-order chi connectivity index (χ0) is 17.1. The monoisotopic (exact) mass is 360 g/mol. The Morgan fingerprint density at radius 3 is 2.71 bits per heavy atom. The molecule has 0 spiro atoms. The minimum absolute atomic E-state index is 0.200. The Labute approximate surface area is 147 Å². The molecule has 0 aliphatic rings. The van der Waals surface area contributed by atoms with Gasteiger partial charge in [-0.25, -0.2) is 4.39 Å². The van der Waals surface area contributed by atoms with Crippen LogP contribution in [0.25, 0.3) is 10.2 Å². The van der Waals surface area contributed by atoms with Crippen molar-refractivity contribution in [1.29, 1.82) is 0 Å². The molecular formula is C18H17FN2OS2. The highest BCUT2D eigenvalue weighted by Gasteiger charge is 2.07. The Bertz CT molecular complexity index is 942. The third-order valence-electron chi connectivity index (χ3n) is 3.58. The Balaban J connectivity index is 1.83. The van der Waals surface area contributed by atoms with Crippen LogP contribution in [0.5, 0.6) is 0 Å². The molecule has 124 valence electrons. The van der Waals surface area contributed by atoms with Crippen molar-refractivity contribution in [3.8, 4) is 0 Å². The fourth-order valence-corrected chi connectivity index (χ4v) is 4.13. The quantitative estimate of drug-likeness (QED) is 0.655. The van der Waals surface area contributed by atoms with Crippen LogP contribution in [0.3, 0.4) is 0 Å². The molecule has 0 N–H and O–H groups in total. The Kier molecular flexibility index (Phi) is 5.16. The van der Waals surface area contributed by atoms with Gasteiger partial charge in [0, 0.05) is 11.9 Å². The van der Waals surface area contributed by atoms with Crippen LogP contribution in [0.2, 0.25) is 0 Å². The summed E-state index contributed by atoms with van der Waals surface area (Å²) < 4.78 is 15.9. The van der Waals surface area contributed by atoms with E-state index in [9.17, 15) is 9.18 Å². The summed E-state index contributed by atoms with van der Waals surface area (Å²) in [5.41, 5.74) is 1.81. The van der Waals surface area contributed by atoms with Crippen LogP contribution in [-0.2, 0) is 18.3 Å². The Morgan fingerprint density at radius 1 is 1.25 bits per heavy atom. The summed E-state index contributed by atoms with van der Waals surface area (Å²) in [4.78, 5) is 18.2. The molecule has 2 aromatic carbocycles. The number of hydrogen-bond donors (Lipinski definition) is 0. The van der Waals surface area contributed by atoms with Crippen molar-refractivity contribution in [2.45, 2.75) is 18.2 Å². The molecule has 1 aromatic heterocycles. The molecule has 0 saturated carbocycles. The molecule has 1 heterocycles. The summed E-state index contributed by atoms with van der Waals surface area (Å²) in [5, 5.41) is 0. The zero-order valence-electron chi connectivity index (χ0n) is 13.5. The largest absolute Gasteiger partial charge is 0.319 e. The second-order valence-electron chi connectivity index (χ2n) is 5.31. The van der Waals surface area contributed by atoms with E-state index >= 15 is 0 Å². The highest BCUT2D eigenvalue weighted by molar-refractivity contribution is 7.99. The fraction of sp³-hybridized carbons (Fsp3) is 0.222. The van der Waals surface area contributed by atoms with Gasteiger partial charge in [0.25, 0.3) is 5.91 Å². The number of rotatable bonds is 4. The van der Waals surface area contributed by atoms with E-state index in [0.29, 0.717) is 4.80 Å². The van der Waals surface area contributed by atoms with Gasteiger partial charge in [-0.3, -0.25) is 4.79 Å². The van der Waals surface area contributed by atoms with Crippen LogP contribution in [-0.4, -0.2) is 16.2 Å². The summed E-state index contributed by atoms with van der Waals surface area (Å²) in [6, 6.07) is 12.6. The van der Waals surface area contributed by atoms with Gasteiger partial charge in [0.1, 0.15) is 5.82 Å². The van der Waals surface area contributed by atoms with E-state index in [0.717, 1.165) is 21.5 Å². The van der Waals surface area contributed by atoms with Gasteiger partial charge in [-0.15, -0.1) is 11.8 Å². The number of benzene rings is 2. The maximum absolute atomic E-state index is 13.3. The topological polar surface area (TPSA) is 34.4 Å². The molecule has 3 rings (SSSR count). The number of amides is 1. The standard InChI is InChI=1S/C18H17FN2OS2/c1-3-23-14-7-4-12(5-8-14)10-17(22)20-18-21(2)15-9-6-13(19)11-16(15)24-18/h4-9,11H,3,10H2,1-2H3. The molecule has 0 aliphatic carbocycles. The van der Waals surface area contributed by atoms with Crippen LogP contribution in [0.4, 0.5) is 4.39 Å². The first kappa shape index (κ1) is 16.9. The highest BCUT2D eigenvalue weighted by Crippen LogP contribution is 2.19. The summed E-state index contributed by atoms with van der Waals surface area (Å²) in [5.74, 6) is 0.539. The van der Waals surface area contributed by atoms with E-state index in [1.807, 2.05) is 35.9 Å². The summed E-state index contributed by atoms with van der Waals surface area (Å²) in [7, 11) is 1.83. The van der Waals surface area contributed by atoms with Gasteiger partial charge in [0.15, 0.2) is 4.80 Å². The van der Waals surface area contributed by atoms with Gasteiger partial charge in [-0.1, -0.05) is 30.4 Å². The maximum atomic E-state index is 13.3. The average Bonchev–Trinajstić information content (AvgIpc) is 2.85. The van der Waals surface area contributed by atoms with Crippen molar-refractivity contribution in [3.05, 3.63) is 58.6 Å². The molecule has 0 atom stereocenters. The Hall–Kier alpha value is -1.92. The molecule has 24 heavy (non-hydrogen) atoms. The number of fused-ring (bicyclic) bond motifs is 1. The molecule has 0 radical (unpaired) electrons. The lowest BCUT2D eigenvalue weighted by atomic mass is 10.1. The average molecular weight is 360 g/mol. The predicted molar refractivity (Wildman–Crippen MR) is 97.9 cm³/mol. The normalized spacial score (nSPS) is 12.0. The predicted octanol–water partition coefficient (Wildman–Crippen LogP) is 4.16. The number of aromatic nitrogens is 1. The molecule has 0 bridgehead atoms. The Morgan fingerprint density at radius 2 is 2.00 bits per heavy atom. The molecule has 3 nitrogen and oxygen atoms in total. The lowest BCUT2D eigenvalue weighted by Gasteiger charge is -2.01. The smallest absolute Gasteiger partial charge is 0.252 e. The van der Waals surface area contributed by atoms with Crippen LogP contribution in [0, 0.1) is 5.82 Å². The third kappa shape index (κ3) is 3.76. The van der Waals surface area contributed by atoms with Gasteiger partial charge < -0.3 is 4.57 Å². The minimum Gasteiger partial charge on any atom is -0.319 e. The summed E-state index contributed by atoms with van der Waals surface area (Å²) >= 11 is 3.09. The number of carbonyl (C=O) groups excluding carboxylic acids is 1. The lowest BCUT2D eigenvalue weighted by molar-refractivity contribution is -0.117. The number of aryl methyl sites for hydroxylation is 1. The van der Waals surface area contributed by atoms with Gasteiger partial charge in [0.05, 0.1) is 16.6 Å². The van der Waals surface area contributed by atoms with E-state index < -0.39 is 0 Å². The maximum Gasteiger partial charge on any atom is 0.252 e. The summed E-state index contributed by atoms with van der Waals surface area (Å²) in [6.07, 6.45) is 0.264. The van der Waals surface area contributed by atoms with Crippen LogP contribution in [0.15, 0.2) is 52.4 Å². The van der Waals surface area contributed by atoms with Gasteiger partial charge in [-0.2, -0.15) is 4.99 Å². The minimum atomic E-state index is -0.285. The molecule has 0 aliphatic heterocycles. The first-order valence-electron chi connectivity index (χ1n) is 7.61. The second kappa shape index (κ2) is 7.32.